The van der Waals surface area contributed by atoms with Gasteiger partial charge in [0.25, 0.3) is 5.56 Å². The van der Waals surface area contributed by atoms with Crippen molar-refractivity contribution in [2.75, 3.05) is 5.73 Å². The number of aromatic nitrogens is 6. The van der Waals surface area contributed by atoms with E-state index in [9.17, 15) is 14.4 Å². The molecule has 2 aromatic heterocycles. The van der Waals surface area contributed by atoms with E-state index in [4.69, 9.17) is 5.73 Å². The van der Waals surface area contributed by atoms with Crippen molar-refractivity contribution in [1.82, 2.24) is 29.3 Å². The number of carbonyl (C=O) groups is 1. The quantitative estimate of drug-likeness (QED) is 0.457. The summed E-state index contributed by atoms with van der Waals surface area (Å²) >= 11 is 0. The molecule has 4 rings (SSSR count). The average Bonchev–Trinajstić information content (AvgIpc) is 3.25. The van der Waals surface area contributed by atoms with Crippen LogP contribution in [0.4, 0.5) is 5.82 Å². The van der Waals surface area contributed by atoms with Gasteiger partial charge in [0, 0.05) is 12.6 Å². The lowest BCUT2D eigenvalue weighted by atomic mass is 10.1. The Balaban J connectivity index is 1.68. The van der Waals surface area contributed by atoms with Crippen LogP contribution < -0.4 is 17.0 Å². The molecule has 0 aliphatic carbocycles. The molecule has 0 amide bonds. The molecule has 31 heavy (non-hydrogen) atoms. The smallest absolute Gasteiger partial charge is 0.332 e. The fraction of sp³-hybridized carbons (Fsp3) is 0.143. The van der Waals surface area contributed by atoms with Crippen molar-refractivity contribution in [3.05, 3.63) is 92.6 Å². The fourth-order valence-corrected chi connectivity index (χ4v) is 3.18. The largest absolute Gasteiger partial charge is 0.384 e. The van der Waals surface area contributed by atoms with Gasteiger partial charge in [-0.3, -0.25) is 18.7 Å². The highest BCUT2D eigenvalue weighted by atomic mass is 16.2. The van der Waals surface area contributed by atoms with Crippen molar-refractivity contribution in [3.63, 3.8) is 0 Å². The lowest BCUT2D eigenvalue weighted by molar-refractivity contribution is 0.0959. The van der Waals surface area contributed by atoms with Gasteiger partial charge in [-0.1, -0.05) is 60.7 Å². The summed E-state index contributed by atoms with van der Waals surface area (Å²) in [6.07, 6.45) is 0. The maximum Gasteiger partial charge on any atom is 0.332 e. The van der Waals surface area contributed by atoms with Crippen LogP contribution in [0, 0.1) is 0 Å². The second-order valence-electron chi connectivity index (χ2n) is 6.91. The van der Waals surface area contributed by atoms with Crippen molar-refractivity contribution in [3.8, 4) is 11.4 Å². The van der Waals surface area contributed by atoms with Gasteiger partial charge < -0.3 is 5.73 Å². The van der Waals surface area contributed by atoms with E-state index in [0.717, 1.165) is 20.5 Å². The Hall–Kier alpha value is -4.34. The van der Waals surface area contributed by atoms with Crippen LogP contribution >= 0.6 is 0 Å². The van der Waals surface area contributed by atoms with Gasteiger partial charge in [0.2, 0.25) is 5.82 Å². The van der Waals surface area contributed by atoms with E-state index in [1.54, 1.807) is 0 Å². The zero-order valence-electron chi connectivity index (χ0n) is 16.7. The highest BCUT2D eigenvalue weighted by Crippen LogP contribution is 2.13. The number of rotatable bonds is 6. The zero-order valence-corrected chi connectivity index (χ0v) is 16.7. The summed E-state index contributed by atoms with van der Waals surface area (Å²) in [6, 6.07) is 18.3. The maximum atomic E-state index is 12.9. The van der Waals surface area contributed by atoms with E-state index in [1.165, 1.54) is 11.6 Å². The Labute approximate surface area is 176 Å². The van der Waals surface area contributed by atoms with Crippen LogP contribution in [0.25, 0.3) is 11.4 Å². The number of nitrogen functional groups attached to an aromatic ring is 1. The summed E-state index contributed by atoms with van der Waals surface area (Å²) in [4.78, 5) is 39.3. The number of hydrogen-bond donors (Lipinski definition) is 1. The molecule has 10 nitrogen and oxygen atoms in total. The predicted molar refractivity (Wildman–Crippen MR) is 113 cm³/mol. The molecule has 4 aromatic rings. The molecule has 0 spiro atoms. The summed E-state index contributed by atoms with van der Waals surface area (Å²) in [6.45, 7) is -0.220. The Morgan fingerprint density at radius 2 is 1.65 bits per heavy atom. The average molecular weight is 417 g/mol. The van der Waals surface area contributed by atoms with Crippen LogP contribution in [0.1, 0.15) is 15.9 Å². The minimum Gasteiger partial charge on any atom is -0.384 e. The molecule has 0 fully saturated rings. The number of nitrogens with zero attached hydrogens (tertiary/aromatic N) is 6. The maximum absolute atomic E-state index is 12.9. The minimum atomic E-state index is -0.764. The van der Waals surface area contributed by atoms with E-state index < -0.39 is 17.0 Å². The number of hydrogen-bond acceptors (Lipinski definition) is 7. The van der Waals surface area contributed by atoms with E-state index in [-0.39, 0.29) is 24.5 Å². The fourth-order valence-electron chi connectivity index (χ4n) is 3.18. The van der Waals surface area contributed by atoms with Gasteiger partial charge >= 0.3 is 5.69 Å². The first-order valence-electron chi connectivity index (χ1n) is 9.45. The van der Waals surface area contributed by atoms with Crippen LogP contribution in [0.5, 0.6) is 0 Å². The Morgan fingerprint density at radius 1 is 1.00 bits per heavy atom. The molecule has 0 aliphatic rings. The Morgan fingerprint density at radius 3 is 2.32 bits per heavy atom. The van der Waals surface area contributed by atoms with Gasteiger partial charge in [0.15, 0.2) is 5.78 Å². The molecule has 0 atom stereocenters. The van der Waals surface area contributed by atoms with Crippen LogP contribution in [-0.4, -0.2) is 35.1 Å². The summed E-state index contributed by atoms with van der Waals surface area (Å²) in [5.41, 5.74) is 6.02. The monoisotopic (exact) mass is 417 g/mol. The molecule has 10 heteroatoms. The molecule has 0 bridgehead atoms. The lowest BCUT2D eigenvalue weighted by Crippen LogP contribution is -2.43. The molecule has 156 valence electrons. The third-order valence-corrected chi connectivity index (χ3v) is 4.82. The SMILES string of the molecule is Cn1c(=O)c(C(=O)Cn2nnc(-c3ccccc3)n2)c(N)n(Cc2ccccc2)c1=O. The first-order valence-corrected chi connectivity index (χ1v) is 9.45. The van der Waals surface area contributed by atoms with Gasteiger partial charge in [0.1, 0.15) is 17.9 Å². The third kappa shape index (κ3) is 3.90. The van der Waals surface area contributed by atoms with E-state index >= 15 is 0 Å². The normalized spacial score (nSPS) is 10.9. The van der Waals surface area contributed by atoms with E-state index in [0.29, 0.717) is 5.82 Å². The third-order valence-electron chi connectivity index (χ3n) is 4.82. The number of nitrogens with two attached hydrogens (primary N) is 1. The van der Waals surface area contributed by atoms with Gasteiger partial charge in [-0.2, -0.15) is 4.80 Å². The topological polar surface area (TPSA) is 131 Å². The molecule has 0 unspecified atom stereocenters. The zero-order chi connectivity index (χ0) is 22.0. The number of Topliss-reactive ketones (excluding diaryl/α,β-unsaturated/α-hetero) is 1. The van der Waals surface area contributed by atoms with Crippen molar-refractivity contribution in [2.24, 2.45) is 7.05 Å². The molecular formula is C21H19N7O3. The molecular weight excluding hydrogens is 398 g/mol. The van der Waals surface area contributed by atoms with Crippen LogP contribution in [0.15, 0.2) is 70.3 Å². The number of carbonyl (C=O) groups excluding carboxylic acids is 1. The number of anilines is 1. The summed E-state index contributed by atoms with van der Waals surface area (Å²) in [5, 5.41) is 12.0. The lowest BCUT2D eigenvalue weighted by Gasteiger charge is -2.14. The molecule has 0 saturated carbocycles. The van der Waals surface area contributed by atoms with Gasteiger partial charge in [-0.25, -0.2) is 4.79 Å². The summed E-state index contributed by atoms with van der Waals surface area (Å²) in [5.74, 6) is -0.453. The second-order valence-corrected chi connectivity index (χ2v) is 6.91. The van der Waals surface area contributed by atoms with Crippen molar-refractivity contribution in [1.29, 1.82) is 0 Å². The summed E-state index contributed by atoms with van der Waals surface area (Å²) < 4.78 is 2.07. The van der Waals surface area contributed by atoms with Gasteiger partial charge in [-0.15, -0.1) is 10.2 Å². The van der Waals surface area contributed by atoms with Crippen LogP contribution in [0.3, 0.4) is 0 Å². The van der Waals surface area contributed by atoms with Crippen molar-refractivity contribution in [2.45, 2.75) is 13.1 Å². The second kappa shape index (κ2) is 8.19. The Bertz CT molecular complexity index is 1360. The number of benzene rings is 2. The molecule has 0 saturated heterocycles. The molecule has 2 aromatic carbocycles. The molecule has 0 aliphatic heterocycles. The van der Waals surface area contributed by atoms with E-state index in [1.807, 2.05) is 60.7 Å². The first-order chi connectivity index (χ1) is 15.0. The standard InChI is InChI=1S/C21H19N7O3/c1-26-20(30)17(18(22)27(21(26)31)12-14-8-4-2-5-9-14)16(29)13-28-24-19(23-25-28)15-10-6-3-7-11-15/h2-11H,12-13,22H2,1H3. The number of ketones is 1. The van der Waals surface area contributed by atoms with Gasteiger partial charge in [-0.05, 0) is 10.8 Å². The van der Waals surface area contributed by atoms with Crippen molar-refractivity contribution >= 4 is 11.6 Å². The highest BCUT2D eigenvalue weighted by Gasteiger charge is 2.23. The predicted octanol–water partition coefficient (Wildman–Crippen LogP) is 0.714. The Kier molecular flexibility index (Phi) is 5.27. The van der Waals surface area contributed by atoms with Crippen LogP contribution in [-0.2, 0) is 20.1 Å². The van der Waals surface area contributed by atoms with E-state index in [2.05, 4.69) is 15.4 Å². The highest BCUT2D eigenvalue weighted by molar-refractivity contribution is 5.99. The number of tetrazole rings is 1. The van der Waals surface area contributed by atoms with Gasteiger partial charge in [0.05, 0.1) is 6.54 Å². The molecule has 2 heterocycles. The van der Waals surface area contributed by atoms with Crippen molar-refractivity contribution < 1.29 is 4.79 Å². The molecule has 2 N–H and O–H groups in total. The minimum absolute atomic E-state index is 0.125. The van der Waals surface area contributed by atoms with Crippen LogP contribution in [0.2, 0.25) is 0 Å². The summed E-state index contributed by atoms with van der Waals surface area (Å²) in [7, 11) is 1.31. The first kappa shape index (κ1) is 20.0. The molecule has 0 radical (unpaired) electrons.